The summed E-state index contributed by atoms with van der Waals surface area (Å²) in [5.41, 5.74) is 1.75. The third-order valence-electron chi connectivity index (χ3n) is 3.23. The number of carbonyl (C=O) groups is 2. The van der Waals surface area contributed by atoms with Gasteiger partial charge >= 0.3 is 0 Å². The second kappa shape index (κ2) is 7.22. The molecule has 1 aliphatic rings. The lowest BCUT2D eigenvalue weighted by Crippen LogP contribution is -2.32. The molecule has 0 aliphatic carbocycles. The zero-order valence-electron chi connectivity index (χ0n) is 13.1. The van der Waals surface area contributed by atoms with Gasteiger partial charge in [-0.15, -0.1) is 0 Å². The fourth-order valence-corrected chi connectivity index (χ4v) is 2.54. The molecule has 0 N–H and O–H groups in total. The second-order valence-corrected chi connectivity index (χ2v) is 5.36. The fourth-order valence-electron chi connectivity index (χ4n) is 2.54. The Kier molecular flexibility index (Phi) is 5.93. The molecule has 0 saturated heterocycles. The highest BCUT2D eigenvalue weighted by Gasteiger charge is 2.36. The summed E-state index contributed by atoms with van der Waals surface area (Å²) >= 11 is 0. The van der Waals surface area contributed by atoms with E-state index in [4.69, 9.17) is 0 Å². The lowest BCUT2D eigenvalue weighted by molar-refractivity contribution is -0.118. The summed E-state index contributed by atoms with van der Waals surface area (Å²) in [6.45, 7) is 10.5. The first kappa shape index (κ1) is 16.4. The van der Waals surface area contributed by atoms with Gasteiger partial charge in [0.05, 0.1) is 6.04 Å². The van der Waals surface area contributed by atoms with E-state index >= 15 is 0 Å². The first-order valence-electron chi connectivity index (χ1n) is 7.40. The Morgan fingerprint density at radius 2 is 1.85 bits per heavy atom. The molecule has 3 nitrogen and oxygen atoms in total. The van der Waals surface area contributed by atoms with Crippen LogP contribution in [-0.2, 0) is 4.79 Å². The van der Waals surface area contributed by atoms with Crippen molar-refractivity contribution in [2.24, 2.45) is 5.92 Å². The van der Waals surface area contributed by atoms with Crippen LogP contribution in [0.4, 0.5) is 0 Å². The molecule has 0 radical (unpaired) electrons. The lowest BCUT2D eigenvalue weighted by atomic mass is 10.0. The van der Waals surface area contributed by atoms with Crippen molar-refractivity contribution in [1.29, 1.82) is 0 Å². The number of hydrogen-bond acceptors (Lipinski definition) is 2. The van der Waals surface area contributed by atoms with Gasteiger partial charge in [-0.2, -0.15) is 0 Å². The third kappa shape index (κ3) is 3.47. The maximum atomic E-state index is 12.3. The Labute approximate surface area is 122 Å². The van der Waals surface area contributed by atoms with Gasteiger partial charge in [0.1, 0.15) is 5.78 Å². The Hall–Kier alpha value is -1.64. The van der Waals surface area contributed by atoms with Crippen molar-refractivity contribution in [1.82, 2.24) is 4.90 Å². The average Bonchev–Trinajstić information content (AvgIpc) is 2.66. The zero-order valence-corrected chi connectivity index (χ0v) is 13.1. The maximum Gasteiger partial charge on any atom is 0.254 e. The smallest absolute Gasteiger partial charge is 0.254 e. The summed E-state index contributed by atoms with van der Waals surface area (Å²) in [5.74, 6) is 0.585. The SMILES string of the molecule is CC.CC(=O)CC1c2ccccc2C(=O)N1CC(C)C. The number of hydrogen-bond donors (Lipinski definition) is 0. The van der Waals surface area contributed by atoms with Gasteiger partial charge in [-0.05, 0) is 24.5 Å². The molecule has 0 bridgehead atoms. The molecule has 20 heavy (non-hydrogen) atoms. The van der Waals surface area contributed by atoms with Crippen LogP contribution in [0.15, 0.2) is 24.3 Å². The van der Waals surface area contributed by atoms with Gasteiger partial charge in [0.25, 0.3) is 5.91 Å². The van der Waals surface area contributed by atoms with Gasteiger partial charge in [-0.1, -0.05) is 45.9 Å². The standard InChI is InChI=1S/C15H19NO2.C2H6/c1-10(2)9-16-14(8-11(3)17)12-6-4-5-7-13(12)15(16)18;1-2/h4-7,10,14H,8-9H2,1-3H3;1-2H3. The van der Waals surface area contributed by atoms with Crippen LogP contribution in [0, 0.1) is 5.92 Å². The van der Waals surface area contributed by atoms with Crippen LogP contribution >= 0.6 is 0 Å². The summed E-state index contributed by atoms with van der Waals surface area (Å²) in [7, 11) is 0. The van der Waals surface area contributed by atoms with E-state index in [-0.39, 0.29) is 17.7 Å². The molecule has 0 fully saturated rings. The van der Waals surface area contributed by atoms with Crippen molar-refractivity contribution in [2.45, 2.75) is 47.1 Å². The Balaban J connectivity index is 0.000000956. The van der Waals surface area contributed by atoms with Crippen LogP contribution in [-0.4, -0.2) is 23.1 Å². The minimum atomic E-state index is -0.0754. The highest BCUT2D eigenvalue weighted by Crippen LogP contribution is 2.36. The number of benzene rings is 1. The van der Waals surface area contributed by atoms with Gasteiger partial charge < -0.3 is 4.90 Å². The molecular weight excluding hydrogens is 250 g/mol. The van der Waals surface area contributed by atoms with Crippen molar-refractivity contribution in [2.75, 3.05) is 6.54 Å². The van der Waals surface area contributed by atoms with Crippen molar-refractivity contribution < 1.29 is 9.59 Å². The molecular formula is C17H25NO2. The number of ketones is 1. The van der Waals surface area contributed by atoms with Crippen LogP contribution in [0.2, 0.25) is 0 Å². The van der Waals surface area contributed by atoms with Crippen LogP contribution in [0.25, 0.3) is 0 Å². The molecule has 1 aliphatic heterocycles. The van der Waals surface area contributed by atoms with Crippen LogP contribution < -0.4 is 0 Å². The molecule has 0 aromatic heterocycles. The molecule has 1 amide bonds. The molecule has 3 heteroatoms. The van der Waals surface area contributed by atoms with Crippen molar-refractivity contribution in [3.05, 3.63) is 35.4 Å². The summed E-state index contributed by atoms with van der Waals surface area (Å²) in [4.78, 5) is 25.6. The van der Waals surface area contributed by atoms with E-state index in [0.717, 1.165) is 11.1 Å². The number of carbonyl (C=O) groups excluding carboxylic acids is 2. The molecule has 110 valence electrons. The molecule has 1 aromatic carbocycles. The molecule has 0 saturated carbocycles. The van der Waals surface area contributed by atoms with Crippen molar-refractivity contribution >= 4 is 11.7 Å². The van der Waals surface area contributed by atoms with E-state index in [1.54, 1.807) is 6.92 Å². The number of rotatable bonds is 4. The highest BCUT2D eigenvalue weighted by molar-refractivity contribution is 5.99. The van der Waals surface area contributed by atoms with E-state index in [1.807, 2.05) is 43.0 Å². The first-order chi connectivity index (χ1) is 9.50. The zero-order chi connectivity index (χ0) is 15.3. The van der Waals surface area contributed by atoms with E-state index in [1.165, 1.54) is 0 Å². The quantitative estimate of drug-likeness (QED) is 0.837. The Bertz CT molecular complexity index is 480. The topological polar surface area (TPSA) is 37.4 Å². The minimum absolute atomic E-state index is 0.0607. The largest absolute Gasteiger partial charge is 0.331 e. The van der Waals surface area contributed by atoms with E-state index < -0.39 is 0 Å². The molecule has 2 rings (SSSR count). The normalized spacial score (nSPS) is 16.8. The first-order valence-corrected chi connectivity index (χ1v) is 7.40. The predicted octanol–water partition coefficient (Wildman–Crippen LogP) is 3.84. The van der Waals surface area contributed by atoms with E-state index in [0.29, 0.717) is 18.9 Å². The second-order valence-electron chi connectivity index (χ2n) is 5.36. The van der Waals surface area contributed by atoms with Gasteiger partial charge in [0.15, 0.2) is 0 Å². The summed E-state index contributed by atoms with van der Waals surface area (Å²) < 4.78 is 0. The number of nitrogens with zero attached hydrogens (tertiary/aromatic N) is 1. The van der Waals surface area contributed by atoms with E-state index in [9.17, 15) is 9.59 Å². The average molecular weight is 275 g/mol. The van der Waals surface area contributed by atoms with Crippen molar-refractivity contribution in [3.63, 3.8) is 0 Å². The van der Waals surface area contributed by atoms with Gasteiger partial charge in [-0.3, -0.25) is 9.59 Å². The number of amides is 1. The monoisotopic (exact) mass is 275 g/mol. The molecule has 0 spiro atoms. The van der Waals surface area contributed by atoms with Gasteiger partial charge in [0, 0.05) is 18.5 Å². The molecule has 1 unspecified atom stereocenters. The summed E-state index contributed by atoms with van der Waals surface area (Å²) in [6, 6.07) is 7.54. The fraction of sp³-hybridized carbons (Fsp3) is 0.529. The molecule has 1 atom stereocenters. The third-order valence-corrected chi connectivity index (χ3v) is 3.23. The number of Topliss-reactive ketones (excluding diaryl/α,β-unsaturated/α-hetero) is 1. The minimum Gasteiger partial charge on any atom is -0.331 e. The maximum absolute atomic E-state index is 12.3. The molecule has 1 heterocycles. The van der Waals surface area contributed by atoms with Gasteiger partial charge in [0.2, 0.25) is 0 Å². The summed E-state index contributed by atoms with van der Waals surface area (Å²) in [6.07, 6.45) is 0.412. The van der Waals surface area contributed by atoms with Crippen molar-refractivity contribution in [3.8, 4) is 0 Å². The van der Waals surface area contributed by atoms with Gasteiger partial charge in [-0.25, -0.2) is 0 Å². The van der Waals surface area contributed by atoms with Crippen LogP contribution in [0.5, 0.6) is 0 Å². The highest BCUT2D eigenvalue weighted by atomic mass is 16.2. The van der Waals surface area contributed by atoms with Crippen LogP contribution in [0.1, 0.15) is 63.0 Å². The summed E-state index contributed by atoms with van der Waals surface area (Å²) in [5, 5.41) is 0. The number of fused-ring (bicyclic) bond motifs is 1. The lowest BCUT2D eigenvalue weighted by Gasteiger charge is -2.26. The van der Waals surface area contributed by atoms with Crippen LogP contribution in [0.3, 0.4) is 0 Å². The Morgan fingerprint density at radius 1 is 1.25 bits per heavy atom. The predicted molar refractivity (Wildman–Crippen MR) is 81.7 cm³/mol. The molecule has 1 aromatic rings. The Morgan fingerprint density at radius 3 is 2.40 bits per heavy atom. The van der Waals surface area contributed by atoms with E-state index in [2.05, 4.69) is 13.8 Å².